The number of carbonyl (C=O) groups is 2. The zero-order chi connectivity index (χ0) is 14.6. The molecule has 1 saturated heterocycles. The molecule has 1 rings (SSSR count). The van der Waals surface area contributed by atoms with Crippen molar-refractivity contribution in [3.63, 3.8) is 0 Å². The predicted octanol–water partition coefficient (Wildman–Crippen LogP) is 0.452. The number of carboxylic acids is 1. The van der Waals surface area contributed by atoms with E-state index in [0.717, 1.165) is 12.8 Å². The average Bonchev–Trinajstić information content (AvgIpc) is 2.33. The van der Waals surface area contributed by atoms with Gasteiger partial charge in [-0.1, -0.05) is 13.8 Å². The topological polar surface area (TPSA) is 92.9 Å². The second-order valence-electron chi connectivity index (χ2n) is 5.72. The molecule has 0 spiro atoms. The lowest BCUT2D eigenvalue weighted by Gasteiger charge is -2.44. The van der Waals surface area contributed by atoms with Gasteiger partial charge in [0.2, 0.25) is 5.91 Å². The Morgan fingerprint density at radius 3 is 2.63 bits per heavy atom. The molecule has 0 aromatic carbocycles. The van der Waals surface area contributed by atoms with Gasteiger partial charge in [0.25, 0.3) is 0 Å². The number of methoxy groups -OCH3 is 1. The van der Waals surface area contributed by atoms with E-state index >= 15 is 0 Å². The van der Waals surface area contributed by atoms with Gasteiger partial charge < -0.3 is 20.5 Å². The van der Waals surface area contributed by atoms with E-state index in [9.17, 15) is 14.7 Å². The summed E-state index contributed by atoms with van der Waals surface area (Å²) in [7, 11) is 1.50. The number of rotatable bonds is 5. The van der Waals surface area contributed by atoms with Gasteiger partial charge in [0, 0.05) is 20.2 Å². The summed E-state index contributed by atoms with van der Waals surface area (Å²) in [6.07, 6.45) is 1.40. The van der Waals surface area contributed by atoms with Crippen LogP contribution in [0.1, 0.15) is 33.1 Å². The van der Waals surface area contributed by atoms with Crippen LogP contribution in [-0.4, -0.2) is 54.2 Å². The number of amides is 1. The molecule has 0 saturated carbocycles. The van der Waals surface area contributed by atoms with Crippen molar-refractivity contribution in [2.75, 3.05) is 20.2 Å². The quantitative estimate of drug-likeness (QED) is 0.758. The fraction of sp³-hybridized carbons (Fsp3) is 0.846. The molecule has 0 bridgehead atoms. The highest BCUT2D eigenvalue weighted by atomic mass is 16.5. The van der Waals surface area contributed by atoms with Crippen molar-refractivity contribution in [2.45, 2.75) is 45.3 Å². The fourth-order valence-corrected chi connectivity index (χ4v) is 2.70. The normalized spacial score (nSPS) is 24.0. The second-order valence-corrected chi connectivity index (χ2v) is 5.72. The maximum absolute atomic E-state index is 12.3. The number of ether oxygens (including phenoxy) is 1. The Balaban J connectivity index is 2.84. The molecule has 6 nitrogen and oxygen atoms in total. The molecule has 3 N–H and O–H groups in total. The predicted molar refractivity (Wildman–Crippen MR) is 70.6 cm³/mol. The zero-order valence-electron chi connectivity index (χ0n) is 11.9. The number of nitrogens with two attached hydrogens (primary N) is 1. The van der Waals surface area contributed by atoms with Crippen LogP contribution in [0.25, 0.3) is 0 Å². The highest BCUT2D eigenvalue weighted by Crippen LogP contribution is 2.35. The van der Waals surface area contributed by atoms with Crippen molar-refractivity contribution in [1.29, 1.82) is 0 Å². The maximum Gasteiger partial charge on any atom is 0.326 e. The molecule has 1 fully saturated rings. The first-order valence-electron chi connectivity index (χ1n) is 6.58. The van der Waals surface area contributed by atoms with E-state index in [1.54, 1.807) is 0 Å². The number of nitrogens with zero attached hydrogens (tertiary/aromatic N) is 1. The number of hydrogen-bond acceptors (Lipinski definition) is 4. The van der Waals surface area contributed by atoms with Crippen LogP contribution in [0.4, 0.5) is 0 Å². The first-order valence-corrected chi connectivity index (χ1v) is 6.58. The van der Waals surface area contributed by atoms with Crippen LogP contribution in [0.3, 0.4) is 0 Å². The van der Waals surface area contributed by atoms with Gasteiger partial charge in [0.05, 0.1) is 12.5 Å². The Labute approximate surface area is 113 Å². The number of piperidine rings is 1. The number of carbonyl (C=O) groups excluding carboxylic acids is 1. The Morgan fingerprint density at radius 2 is 2.16 bits per heavy atom. The number of aliphatic carboxylic acids is 1. The smallest absolute Gasteiger partial charge is 0.326 e. The van der Waals surface area contributed by atoms with Gasteiger partial charge in [-0.05, 0) is 18.3 Å². The fourth-order valence-electron chi connectivity index (χ4n) is 2.70. The van der Waals surface area contributed by atoms with Crippen molar-refractivity contribution < 1.29 is 19.4 Å². The monoisotopic (exact) mass is 272 g/mol. The standard InChI is InChI=1S/C13H24N2O4/c1-13(2)5-4-6-15(11(13)12(17)18)10(16)7-9(8-14)19-3/h9,11H,4-8,14H2,1-3H3,(H,17,18). The van der Waals surface area contributed by atoms with Gasteiger partial charge in [-0.3, -0.25) is 4.79 Å². The van der Waals surface area contributed by atoms with Gasteiger partial charge in [0.15, 0.2) is 0 Å². The van der Waals surface area contributed by atoms with Crippen LogP contribution >= 0.6 is 0 Å². The van der Waals surface area contributed by atoms with Gasteiger partial charge in [-0.25, -0.2) is 4.79 Å². The molecule has 2 atom stereocenters. The van der Waals surface area contributed by atoms with E-state index in [2.05, 4.69) is 0 Å². The Bertz CT molecular complexity index is 340. The van der Waals surface area contributed by atoms with Crippen molar-refractivity contribution in [3.05, 3.63) is 0 Å². The van der Waals surface area contributed by atoms with E-state index < -0.39 is 17.4 Å². The number of likely N-dealkylation sites (tertiary alicyclic amines) is 1. The first kappa shape index (κ1) is 15.9. The summed E-state index contributed by atoms with van der Waals surface area (Å²) in [5, 5.41) is 9.39. The average molecular weight is 272 g/mol. The van der Waals surface area contributed by atoms with Crippen LogP contribution < -0.4 is 5.73 Å². The molecule has 1 heterocycles. The van der Waals surface area contributed by atoms with Crippen LogP contribution in [0.2, 0.25) is 0 Å². The van der Waals surface area contributed by atoms with E-state index in [1.165, 1.54) is 12.0 Å². The molecule has 1 aliphatic heterocycles. The molecule has 0 aromatic heterocycles. The van der Waals surface area contributed by atoms with Gasteiger partial charge >= 0.3 is 5.97 Å². The van der Waals surface area contributed by atoms with E-state index in [0.29, 0.717) is 6.54 Å². The molecule has 2 unspecified atom stereocenters. The van der Waals surface area contributed by atoms with Crippen LogP contribution in [0.5, 0.6) is 0 Å². The summed E-state index contributed by atoms with van der Waals surface area (Å²) < 4.78 is 5.09. The SMILES string of the molecule is COC(CN)CC(=O)N1CCCC(C)(C)C1C(=O)O. The molecule has 1 amide bonds. The van der Waals surface area contributed by atoms with Gasteiger partial charge in [-0.2, -0.15) is 0 Å². The molecule has 0 aliphatic carbocycles. The molecule has 0 radical (unpaired) electrons. The minimum atomic E-state index is -0.945. The van der Waals surface area contributed by atoms with E-state index in [1.807, 2.05) is 13.8 Å². The van der Waals surface area contributed by atoms with Crippen LogP contribution in [0.15, 0.2) is 0 Å². The highest BCUT2D eigenvalue weighted by molar-refractivity contribution is 5.84. The molecule has 1 aliphatic rings. The van der Waals surface area contributed by atoms with Crippen molar-refractivity contribution >= 4 is 11.9 Å². The van der Waals surface area contributed by atoms with Crippen molar-refractivity contribution in [3.8, 4) is 0 Å². The summed E-state index contributed by atoms with van der Waals surface area (Å²) in [6.45, 7) is 4.52. The third-order valence-electron chi connectivity index (χ3n) is 3.82. The highest BCUT2D eigenvalue weighted by Gasteiger charge is 2.44. The van der Waals surface area contributed by atoms with Crippen molar-refractivity contribution in [2.24, 2.45) is 11.1 Å². The first-order chi connectivity index (χ1) is 8.83. The molecule has 19 heavy (non-hydrogen) atoms. The van der Waals surface area contributed by atoms with Crippen molar-refractivity contribution in [1.82, 2.24) is 4.90 Å². The largest absolute Gasteiger partial charge is 0.480 e. The lowest BCUT2D eigenvalue weighted by molar-refractivity contribution is -0.159. The summed E-state index contributed by atoms with van der Waals surface area (Å²) in [4.78, 5) is 25.2. The molecule has 0 aromatic rings. The molecular formula is C13H24N2O4. The number of carboxylic acid groups (broad SMARTS) is 1. The Hall–Kier alpha value is -1.14. The van der Waals surface area contributed by atoms with E-state index in [4.69, 9.17) is 10.5 Å². The molecule has 6 heteroatoms. The van der Waals surface area contributed by atoms with E-state index in [-0.39, 0.29) is 25.0 Å². The zero-order valence-corrected chi connectivity index (χ0v) is 11.9. The molecular weight excluding hydrogens is 248 g/mol. The lowest BCUT2D eigenvalue weighted by Crippen LogP contribution is -2.56. The minimum Gasteiger partial charge on any atom is -0.480 e. The van der Waals surface area contributed by atoms with Crippen LogP contribution in [-0.2, 0) is 14.3 Å². The summed E-state index contributed by atoms with van der Waals surface area (Å²) in [6, 6.07) is -0.774. The summed E-state index contributed by atoms with van der Waals surface area (Å²) in [5.74, 6) is -1.14. The number of hydrogen-bond donors (Lipinski definition) is 2. The lowest BCUT2D eigenvalue weighted by atomic mass is 9.76. The minimum absolute atomic E-state index is 0.132. The Kier molecular flexibility index (Phi) is 5.31. The molecule has 110 valence electrons. The Morgan fingerprint density at radius 1 is 1.53 bits per heavy atom. The summed E-state index contributed by atoms with van der Waals surface area (Å²) >= 11 is 0. The van der Waals surface area contributed by atoms with Gasteiger partial charge in [0.1, 0.15) is 6.04 Å². The summed E-state index contributed by atoms with van der Waals surface area (Å²) in [5.41, 5.74) is 5.09. The van der Waals surface area contributed by atoms with Crippen LogP contribution in [0, 0.1) is 5.41 Å². The maximum atomic E-state index is 12.3. The third-order valence-corrected chi connectivity index (χ3v) is 3.82. The third kappa shape index (κ3) is 3.67. The van der Waals surface area contributed by atoms with Gasteiger partial charge in [-0.15, -0.1) is 0 Å². The second kappa shape index (κ2) is 6.34.